The van der Waals surface area contributed by atoms with Crippen LogP contribution in [0.1, 0.15) is 124 Å². The number of likely N-dealkylation sites (tertiary alicyclic amines) is 1. The van der Waals surface area contributed by atoms with Crippen molar-refractivity contribution in [3.63, 3.8) is 0 Å². The highest BCUT2D eigenvalue weighted by Gasteiger charge is 2.50. The SMILES string of the molecule is CC1(C)CCC(C2COc3cc(S(=O)(=O)NC(=O)c4ccc(N5CCC6(CC5)CC(N5CCC[C@H]5c5ccccc5C5CC5)C6)cc4Oc4cnc5[nH]ccc5c4)cc([N+](=O)[O-])c3S2)CC1. The van der Waals surface area contributed by atoms with Gasteiger partial charge in [0.05, 0.1) is 21.6 Å². The number of anilines is 1. The van der Waals surface area contributed by atoms with Gasteiger partial charge in [-0.15, -0.1) is 11.8 Å². The first kappa shape index (κ1) is 43.5. The zero-order valence-corrected chi connectivity index (χ0v) is 39.3. The van der Waals surface area contributed by atoms with Crippen molar-refractivity contribution in [3.8, 4) is 17.2 Å². The second-order valence-electron chi connectivity index (χ2n) is 20.6. The molecule has 15 heteroatoms. The van der Waals surface area contributed by atoms with Gasteiger partial charge >= 0.3 is 0 Å². The minimum absolute atomic E-state index is 0.00648. The number of fused-ring (bicyclic) bond motifs is 2. The van der Waals surface area contributed by atoms with Crippen LogP contribution in [-0.4, -0.2) is 71.6 Å². The van der Waals surface area contributed by atoms with Crippen molar-refractivity contribution in [1.29, 1.82) is 0 Å². The fourth-order valence-corrected chi connectivity index (χ4v) is 14.1. The number of H-pyrrole nitrogens is 1. The highest BCUT2D eigenvalue weighted by atomic mass is 32.2. The molecule has 1 spiro atoms. The van der Waals surface area contributed by atoms with E-state index in [1.807, 2.05) is 12.1 Å². The molecule has 0 radical (unpaired) electrons. The maximum atomic E-state index is 14.1. The van der Waals surface area contributed by atoms with Gasteiger partial charge in [0.25, 0.3) is 21.6 Å². The Bertz CT molecular complexity index is 2800. The molecular weight excluding hydrogens is 873 g/mol. The standard InChI is InChI=1S/C51H58N6O7S2/c1-50(2)16-13-33(14-17-50)46-31-63-45-27-38(26-43(57(59)60)47(45)65-46)66(61,62)54-49(58)41-12-11-35(25-44(41)64-37-24-34-15-20-52-48(34)53-30-37)55-22-18-51(19-23-55)28-36(29-51)56-21-5-8-42(56)40-7-4-3-6-39(40)32-9-10-32/h3-4,6-7,11-12,15,20,24-27,30,32-33,36,42,46H,5,8-10,13-14,16-19,21-23,28-29,31H2,1-2H3,(H,52,53)(H,54,58)/t42-,46?/m0/s1. The van der Waals surface area contributed by atoms with Crippen molar-refractivity contribution in [3.05, 3.63) is 106 Å². The summed E-state index contributed by atoms with van der Waals surface area (Å²) in [6.45, 7) is 7.74. The van der Waals surface area contributed by atoms with Gasteiger partial charge in [-0.1, -0.05) is 38.1 Å². The van der Waals surface area contributed by atoms with E-state index in [0.29, 0.717) is 46.3 Å². The first-order valence-electron chi connectivity index (χ1n) is 23.8. The molecular formula is C51H58N6O7S2. The van der Waals surface area contributed by atoms with Gasteiger partial charge in [0.1, 0.15) is 34.4 Å². The summed E-state index contributed by atoms with van der Waals surface area (Å²) in [6.07, 6.45) is 17.2. The minimum atomic E-state index is -4.61. The summed E-state index contributed by atoms with van der Waals surface area (Å²) in [5.74, 6) is 0.839. The third-order valence-electron chi connectivity index (χ3n) is 15.8. The monoisotopic (exact) mass is 930 g/mol. The number of thioether (sulfide) groups is 1. The highest BCUT2D eigenvalue weighted by Crippen LogP contribution is 2.55. The predicted molar refractivity (Wildman–Crippen MR) is 255 cm³/mol. The van der Waals surface area contributed by atoms with Crippen molar-refractivity contribution >= 4 is 50.1 Å². The fourth-order valence-electron chi connectivity index (χ4n) is 11.7. The molecule has 5 heterocycles. The van der Waals surface area contributed by atoms with Gasteiger partial charge in [-0.2, -0.15) is 0 Å². The summed E-state index contributed by atoms with van der Waals surface area (Å²) in [5, 5.41) is 13.3. The lowest BCUT2D eigenvalue weighted by molar-refractivity contribution is -0.388. The number of hydrogen-bond donors (Lipinski definition) is 2. The zero-order chi connectivity index (χ0) is 45.4. The number of nitro groups is 1. The van der Waals surface area contributed by atoms with E-state index in [1.165, 1.54) is 62.9 Å². The molecule has 66 heavy (non-hydrogen) atoms. The second kappa shape index (κ2) is 16.9. The van der Waals surface area contributed by atoms with Crippen molar-refractivity contribution < 1.29 is 27.6 Å². The predicted octanol–water partition coefficient (Wildman–Crippen LogP) is 10.9. The van der Waals surface area contributed by atoms with E-state index in [2.05, 4.69) is 62.6 Å². The van der Waals surface area contributed by atoms with Gasteiger partial charge in [-0.05, 0) is 142 Å². The molecule has 2 N–H and O–H groups in total. The Hall–Kier alpha value is -5.12. The van der Waals surface area contributed by atoms with Crippen LogP contribution in [0, 0.1) is 26.9 Å². The van der Waals surface area contributed by atoms with Crippen molar-refractivity contribution in [2.75, 3.05) is 31.1 Å². The van der Waals surface area contributed by atoms with E-state index in [-0.39, 0.29) is 33.4 Å². The number of nitrogens with zero attached hydrogens (tertiary/aromatic N) is 4. The Labute approximate surface area is 390 Å². The van der Waals surface area contributed by atoms with Gasteiger partial charge < -0.3 is 19.4 Å². The summed E-state index contributed by atoms with van der Waals surface area (Å²) < 4.78 is 42.7. The number of carbonyl (C=O) groups is 1. The average Bonchev–Trinajstić information content (AvgIpc) is 3.84. The minimum Gasteiger partial charge on any atom is -0.491 e. The van der Waals surface area contributed by atoms with Crippen molar-refractivity contribution in [2.24, 2.45) is 16.7 Å². The maximum absolute atomic E-state index is 14.1. The molecule has 11 rings (SSSR count). The molecule has 346 valence electrons. The largest absolute Gasteiger partial charge is 0.491 e. The summed E-state index contributed by atoms with van der Waals surface area (Å²) >= 11 is 1.40. The van der Waals surface area contributed by atoms with Crippen molar-refractivity contribution in [1.82, 2.24) is 19.6 Å². The molecule has 2 aromatic heterocycles. The Morgan fingerprint density at radius 1 is 0.955 bits per heavy atom. The van der Waals surface area contributed by atoms with Crippen LogP contribution in [0.25, 0.3) is 11.0 Å². The number of aromatic nitrogens is 2. The second-order valence-corrected chi connectivity index (χ2v) is 23.6. The Morgan fingerprint density at radius 2 is 1.73 bits per heavy atom. The lowest BCUT2D eigenvalue weighted by Gasteiger charge is -2.56. The molecule has 2 saturated heterocycles. The first-order valence-corrected chi connectivity index (χ1v) is 26.2. The number of nitrogens with one attached hydrogen (secondary N) is 2. The van der Waals surface area contributed by atoms with Crippen LogP contribution in [0.15, 0.2) is 88.9 Å². The Kier molecular flexibility index (Phi) is 11.1. The third-order valence-corrected chi connectivity index (χ3v) is 18.6. The third kappa shape index (κ3) is 8.44. The number of amides is 1. The first-order chi connectivity index (χ1) is 31.8. The number of carbonyl (C=O) groups excluding carboxylic acids is 1. The summed E-state index contributed by atoms with van der Waals surface area (Å²) in [5.41, 5.74) is 4.92. The van der Waals surface area contributed by atoms with E-state index in [9.17, 15) is 23.3 Å². The molecule has 2 atom stereocenters. The molecule has 3 saturated carbocycles. The van der Waals surface area contributed by atoms with Gasteiger partial charge in [0, 0.05) is 65.9 Å². The number of hydrogen-bond acceptors (Lipinski definition) is 11. The van der Waals surface area contributed by atoms with E-state index >= 15 is 0 Å². The molecule has 1 unspecified atom stereocenters. The van der Waals surface area contributed by atoms with Crippen LogP contribution in [0.5, 0.6) is 17.2 Å². The van der Waals surface area contributed by atoms with Gasteiger partial charge in [0.2, 0.25) is 0 Å². The quantitative estimate of drug-likeness (QED) is 0.0958. The average molecular weight is 931 g/mol. The number of ether oxygens (including phenoxy) is 2. The summed E-state index contributed by atoms with van der Waals surface area (Å²) in [7, 11) is -4.61. The molecule has 1 amide bonds. The molecule has 13 nitrogen and oxygen atoms in total. The zero-order valence-electron chi connectivity index (χ0n) is 37.7. The number of sulfonamides is 1. The van der Waals surface area contributed by atoms with E-state index in [4.69, 9.17) is 9.47 Å². The van der Waals surface area contributed by atoms with Crippen LogP contribution in [0.4, 0.5) is 11.4 Å². The number of rotatable bonds is 11. The number of aromatic amines is 1. The number of pyridine rings is 1. The Balaban J connectivity index is 0.801. The van der Waals surface area contributed by atoms with E-state index in [1.54, 1.807) is 41.7 Å². The molecule has 3 aliphatic carbocycles. The fraction of sp³-hybridized carbons (Fsp3) is 0.490. The maximum Gasteiger partial charge on any atom is 0.288 e. The van der Waals surface area contributed by atoms with E-state index < -0.39 is 25.7 Å². The highest BCUT2D eigenvalue weighted by molar-refractivity contribution is 8.00. The summed E-state index contributed by atoms with van der Waals surface area (Å²) in [4.78, 5) is 38.6. The lowest BCUT2D eigenvalue weighted by atomic mass is 9.59. The molecule has 5 fully saturated rings. The van der Waals surface area contributed by atoms with Gasteiger partial charge in [0.15, 0.2) is 0 Å². The van der Waals surface area contributed by atoms with Crippen LogP contribution in [-0.2, 0) is 10.0 Å². The number of piperidine rings is 1. The number of nitro benzene ring substituents is 1. The van der Waals surface area contributed by atoms with Gasteiger partial charge in [-0.25, -0.2) is 18.1 Å². The normalized spacial score (nSPS) is 23.3. The van der Waals surface area contributed by atoms with Gasteiger partial charge in [-0.3, -0.25) is 19.8 Å². The van der Waals surface area contributed by atoms with Crippen LogP contribution >= 0.6 is 11.8 Å². The van der Waals surface area contributed by atoms with Crippen LogP contribution in [0.3, 0.4) is 0 Å². The lowest BCUT2D eigenvalue weighted by Crippen LogP contribution is -2.54. The van der Waals surface area contributed by atoms with Crippen LogP contribution < -0.4 is 19.1 Å². The number of benzene rings is 3. The molecule has 5 aromatic rings. The molecule has 3 aliphatic heterocycles. The molecule has 0 bridgehead atoms. The van der Waals surface area contributed by atoms with E-state index in [0.717, 1.165) is 74.7 Å². The van der Waals surface area contributed by atoms with Crippen molar-refractivity contribution in [2.45, 2.75) is 124 Å². The molecule has 6 aliphatic rings. The Morgan fingerprint density at radius 3 is 2.48 bits per heavy atom. The van der Waals surface area contributed by atoms with Crippen LogP contribution in [0.2, 0.25) is 0 Å². The topological polar surface area (TPSA) is 160 Å². The smallest absolute Gasteiger partial charge is 0.288 e. The summed E-state index contributed by atoms with van der Waals surface area (Å²) in [6, 6.07) is 21.5. The molecule has 3 aromatic carbocycles.